The lowest BCUT2D eigenvalue weighted by Crippen LogP contribution is -2.24. The Morgan fingerprint density at radius 1 is 1.44 bits per heavy atom. The summed E-state index contributed by atoms with van der Waals surface area (Å²) in [5.41, 5.74) is 0.669. The van der Waals surface area contributed by atoms with Gasteiger partial charge in [-0.1, -0.05) is 15.9 Å². The average molecular weight is 284 g/mol. The molecule has 5 heteroatoms. The minimum Gasteiger partial charge on any atom is -0.451 e. The second-order valence-corrected chi connectivity index (χ2v) is 4.19. The topological polar surface area (TPSA) is 42.7 Å². The minimum atomic E-state index is -0.310. The summed E-state index contributed by atoms with van der Waals surface area (Å²) in [7, 11) is 2.96. The van der Waals surface area contributed by atoms with E-state index in [0.717, 1.165) is 14.9 Å². The van der Waals surface area contributed by atoms with E-state index in [4.69, 9.17) is 9.25 Å². The molecule has 0 fully saturated rings. The Kier molecular flexibility index (Phi) is 2.98. The molecule has 0 aliphatic rings. The van der Waals surface area contributed by atoms with Crippen LogP contribution in [0.1, 0.15) is 10.6 Å². The molecule has 0 atom stereocenters. The van der Waals surface area contributed by atoms with Crippen molar-refractivity contribution in [2.45, 2.75) is 0 Å². The third-order valence-electron chi connectivity index (χ3n) is 2.25. The number of nitrogens with zero attached hydrogens (tertiary/aromatic N) is 1. The Labute approximate surface area is 101 Å². The van der Waals surface area contributed by atoms with Crippen molar-refractivity contribution >= 4 is 32.8 Å². The third-order valence-corrected chi connectivity index (χ3v) is 2.75. The van der Waals surface area contributed by atoms with E-state index in [1.165, 1.54) is 14.2 Å². The number of benzene rings is 1. The van der Waals surface area contributed by atoms with Gasteiger partial charge in [-0.05, 0) is 24.3 Å². The fraction of sp³-hybridized carbons (Fsp3) is 0.182. The van der Waals surface area contributed by atoms with E-state index in [0.29, 0.717) is 5.58 Å². The number of furan rings is 1. The molecule has 0 saturated carbocycles. The fourth-order valence-corrected chi connectivity index (χ4v) is 1.69. The highest BCUT2D eigenvalue weighted by Gasteiger charge is 2.16. The van der Waals surface area contributed by atoms with Crippen LogP contribution in [0.4, 0.5) is 0 Å². The van der Waals surface area contributed by atoms with Crippen molar-refractivity contribution in [3.05, 3.63) is 34.5 Å². The van der Waals surface area contributed by atoms with Gasteiger partial charge < -0.3 is 4.42 Å². The maximum atomic E-state index is 11.7. The van der Waals surface area contributed by atoms with Crippen molar-refractivity contribution in [1.82, 2.24) is 5.06 Å². The Morgan fingerprint density at radius 3 is 2.88 bits per heavy atom. The summed E-state index contributed by atoms with van der Waals surface area (Å²) in [5, 5.41) is 2.00. The van der Waals surface area contributed by atoms with Crippen LogP contribution in [-0.4, -0.2) is 25.1 Å². The Hall–Kier alpha value is -1.33. The number of carbonyl (C=O) groups excluding carboxylic acids is 1. The molecule has 16 heavy (non-hydrogen) atoms. The molecule has 1 aromatic carbocycles. The number of carbonyl (C=O) groups is 1. The summed E-state index contributed by atoms with van der Waals surface area (Å²) in [6.07, 6.45) is 0. The Morgan fingerprint density at radius 2 is 2.19 bits per heavy atom. The lowest BCUT2D eigenvalue weighted by molar-refractivity contribution is -0.0772. The molecule has 4 nitrogen and oxygen atoms in total. The van der Waals surface area contributed by atoms with Crippen LogP contribution >= 0.6 is 15.9 Å². The zero-order valence-corrected chi connectivity index (χ0v) is 10.4. The minimum absolute atomic E-state index is 0.262. The summed E-state index contributed by atoms with van der Waals surface area (Å²) in [4.78, 5) is 16.5. The normalized spacial score (nSPS) is 10.7. The predicted molar refractivity (Wildman–Crippen MR) is 63.0 cm³/mol. The molecule has 2 aromatic rings. The van der Waals surface area contributed by atoms with Crippen molar-refractivity contribution < 1.29 is 14.0 Å². The second kappa shape index (κ2) is 4.27. The molecule has 0 spiro atoms. The van der Waals surface area contributed by atoms with Crippen LogP contribution in [0.5, 0.6) is 0 Å². The van der Waals surface area contributed by atoms with Crippen LogP contribution in [-0.2, 0) is 4.84 Å². The second-order valence-electron chi connectivity index (χ2n) is 3.28. The molecule has 0 aliphatic carbocycles. The molecule has 1 amide bonds. The van der Waals surface area contributed by atoms with Crippen LogP contribution in [0.15, 0.2) is 33.2 Å². The maximum Gasteiger partial charge on any atom is 0.312 e. The number of hydrogen-bond donors (Lipinski definition) is 0. The van der Waals surface area contributed by atoms with Gasteiger partial charge in [0.15, 0.2) is 5.76 Å². The van der Waals surface area contributed by atoms with Crippen LogP contribution in [0.25, 0.3) is 11.0 Å². The molecule has 84 valence electrons. The largest absolute Gasteiger partial charge is 0.451 e. The number of hydrogen-bond acceptors (Lipinski definition) is 3. The van der Waals surface area contributed by atoms with E-state index >= 15 is 0 Å². The van der Waals surface area contributed by atoms with E-state index < -0.39 is 0 Å². The first-order valence-corrected chi connectivity index (χ1v) is 5.42. The quantitative estimate of drug-likeness (QED) is 0.796. The molecule has 1 aromatic heterocycles. The average Bonchev–Trinajstić information content (AvgIpc) is 2.69. The molecule has 0 N–H and O–H groups in total. The van der Waals surface area contributed by atoms with Crippen LogP contribution in [0.3, 0.4) is 0 Å². The Bertz CT molecular complexity index is 535. The standard InChI is InChI=1S/C11H10BrNO3/c1-13(15-2)11(14)10-5-7-3-4-8(12)6-9(7)16-10/h3-6H,1-2H3. The summed E-state index contributed by atoms with van der Waals surface area (Å²) in [6.45, 7) is 0. The molecule has 0 saturated heterocycles. The monoisotopic (exact) mass is 283 g/mol. The first-order valence-electron chi connectivity index (χ1n) is 4.63. The lowest BCUT2D eigenvalue weighted by Gasteiger charge is -2.10. The summed E-state index contributed by atoms with van der Waals surface area (Å²) >= 11 is 3.34. The highest BCUT2D eigenvalue weighted by atomic mass is 79.9. The van der Waals surface area contributed by atoms with Gasteiger partial charge >= 0.3 is 5.91 Å². The molecule has 0 bridgehead atoms. The zero-order chi connectivity index (χ0) is 11.7. The zero-order valence-electron chi connectivity index (χ0n) is 8.86. The molecule has 0 unspecified atom stereocenters. The van der Waals surface area contributed by atoms with Crippen molar-refractivity contribution in [2.24, 2.45) is 0 Å². The van der Waals surface area contributed by atoms with Gasteiger partial charge in [0.2, 0.25) is 0 Å². The molecule has 0 radical (unpaired) electrons. The molecule has 0 aliphatic heterocycles. The fourth-order valence-electron chi connectivity index (χ4n) is 1.35. The van der Waals surface area contributed by atoms with Crippen LogP contribution in [0, 0.1) is 0 Å². The molecular weight excluding hydrogens is 274 g/mol. The highest BCUT2D eigenvalue weighted by Crippen LogP contribution is 2.23. The predicted octanol–water partition coefficient (Wildman–Crippen LogP) is 2.83. The smallest absolute Gasteiger partial charge is 0.312 e. The summed E-state index contributed by atoms with van der Waals surface area (Å²) in [5.74, 6) is -0.0488. The van der Waals surface area contributed by atoms with E-state index in [1.807, 2.05) is 18.2 Å². The number of hydroxylamine groups is 2. The Balaban J connectivity index is 2.43. The summed E-state index contributed by atoms with van der Waals surface area (Å²) < 4.78 is 6.34. The van der Waals surface area contributed by atoms with Crippen molar-refractivity contribution in [3.63, 3.8) is 0 Å². The molecule has 1 heterocycles. The van der Waals surface area contributed by atoms with E-state index in [-0.39, 0.29) is 11.7 Å². The number of rotatable bonds is 2. The van der Waals surface area contributed by atoms with E-state index in [1.54, 1.807) is 6.07 Å². The lowest BCUT2D eigenvalue weighted by atomic mass is 10.2. The van der Waals surface area contributed by atoms with E-state index in [2.05, 4.69) is 15.9 Å². The van der Waals surface area contributed by atoms with Gasteiger partial charge in [-0.25, -0.2) is 5.06 Å². The summed E-state index contributed by atoms with van der Waals surface area (Å²) in [6, 6.07) is 7.29. The third kappa shape index (κ3) is 1.96. The first-order chi connectivity index (χ1) is 7.61. The van der Waals surface area contributed by atoms with Gasteiger partial charge in [-0.3, -0.25) is 9.63 Å². The SMILES string of the molecule is CON(C)C(=O)c1cc2ccc(Br)cc2o1. The molecule has 2 rings (SSSR count). The van der Waals surface area contributed by atoms with Gasteiger partial charge in [0.1, 0.15) is 5.58 Å². The number of fused-ring (bicyclic) bond motifs is 1. The van der Waals surface area contributed by atoms with Gasteiger partial charge in [-0.2, -0.15) is 0 Å². The van der Waals surface area contributed by atoms with Crippen molar-refractivity contribution in [2.75, 3.05) is 14.2 Å². The number of amides is 1. The number of halogens is 1. The van der Waals surface area contributed by atoms with E-state index in [9.17, 15) is 4.79 Å². The van der Waals surface area contributed by atoms with Gasteiger partial charge in [-0.15, -0.1) is 0 Å². The van der Waals surface area contributed by atoms with Crippen molar-refractivity contribution in [1.29, 1.82) is 0 Å². The van der Waals surface area contributed by atoms with Gasteiger partial charge in [0, 0.05) is 16.9 Å². The first kappa shape index (κ1) is 11.2. The van der Waals surface area contributed by atoms with Crippen LogP contribution < -0.4 is 0 Å². The maximum absolute atomic E-state index is 11.7. The van der Waals surface area contributed by atoms with Gasteiger partial charge in [0.05, 0.1) is 7.11 Å². The molecular formula is C11H10BrNO3. The van der Waals surface area contributed by atoms with Gasteiger partial charge in [0.25, 0.3) is 0 Å². The van der Waals surface area contributed by atoms with Crippen LogP contribution in [0.2, 0.25) is 0 Å². The highest BCUT2D eigenvalue weighted by molar-refractivity contribution is 9.10. The van der Waals surface area contributed by atoms with Crippen molar-refractivity contribution in [3.8, 4) is 0 Å².